The van der Waals surface area contributed by atoms with E-state index >= 15 is 0 Å². The maximum absolute atomic E-state index is 12.4. The number of nitrogens with one attached hydrogen (secondary N) is 1. The van der Waals surface area contributed by atoms with Gasteiger partial charge in [-0.2, -0.15) is 0 Å². The fourth-order valence-electron chi connectivity index (χ4n) is 3.16. The number of hydrogen-bond donors (Lipinski definition) is 1. The standard InChI is InChI=1S/C16H20Cl3N3O2.ClH/c17-12-7-14(19)15(8-13(12)18)24-10-16(23)22-4-1-11(9-22)21-5-2-20-3-6-21;/h7-8,11,20H,1-6,9-10H2;1H. The van der Waals surface area contributed by atoms with Crippen molar-refractivity contribution in [1.82, 2.24) is 15.1 Å². The summed E-state index contributed by atoms with van der Waals surface area (Å²) in [6.07, 6.45) is 1.01. The number of rotatable bonds is 4. The van der Waals surface area contributed by atoms with E-state index in [0.29, 0.717) is 26.9 Å². The van der Waals surface area contributed by atoms with E-state index in [4.69, 9.17) is 39.5 Å². The molecule has 2 aliphatic rings. The molecule has 1 unspecified atom stereocenters. The van der Waals surface area contributed by atoms with Crippen molar-refractivity contribution < 1.29 is 9.53 Å². The summed E-state index contributed by atoms with van der Waals surface area (Å²) in [6.45, 7) is 5.60. The summed E-state index contributed by atoms with van der Waals surface area (Å²) in [6, 6.07) is 3.50. The van der Waals surface area contributed by atoms with Crippen LogP contribution in [0.15, 0.2) is 12.1 Å². The van der Waals surface area contributed by atoms with Crippen molar-refractivity contribution in [2.24, 2.45) is 0 Å². The van der Waals surface area contributed by atoms with Gasteiger partial charge in [-0.1, -0.05) is 34.8 Å². The van der Waals surface area contributed by atoms with Gasteiger partial charge in [0.2, 0.25) is 0 Å². The molecule has 0 spiro atoms. The molecule has 2 saturated heterocycles. The summed E-state index contributed by atoms with van der Waals surface area (Å²) in [5.74, 6) is 0.340. The smallest absolute Gasteiger partial charge is 0.260 e. The predicted molar refractivity (Wildman–Crippen MR) is 104 cm³/mol. The van der Waals surface area contributed by atoms with Crippen LogP contribution >= 0.6 is 47.2 Å². The molecule has 0 bridgehead atoms. The fraction of sp³-hybridized carbons (Fsp3) is 0.562. The van der Waals surface area contributed by atoms with E-state index in [1.165, 1.54) is 12.1 Å². The van der Waals surface area contributed by atoms with Gasteiger partial charge in [0.25, 0.3) is 5.91 Å². The second-order valence-electron chi connectivity index (χ2n) is 6.05. The monoisotopic (exact) mass is 427 g/mol. The summed E-state index contributed by atoms with van der Waals surface area (Å²) in [5.41, 5.74) is 0. The number of nitrogens with zero attached hydrogens (tertiary/aromatic N) is 2. The molecule has 1 aromatic rings. The number of likely N-dealkylation sites (tertiary alicyclic amines) is 1. The van der Waals surface area contributed by atoms with Crippen molar-refractivity contribution in [3.05, 3.63) is 27.2 Å². The highest BCUT2D eigenvalue weighted by Gasteiger charge is 2.31. The summed E-state index contributed by atoms with van der Waals surface area (Å²) in [7, 11) is 0. The van der Waals surface area contributed by atoms with Gasteiger partial charge in [0, 0.05) is 51.4 Å². The Kier molecular flexibility index (Phi) is 7.92. The van der Waals surface area contributed by atoms with Crippen LogP contribution in [-0.4, -0.2) is 67.6 Å². The first-order valence-electron chi connectivity index (χ1n) is 8.04. The largest absolute Gasteiger partial charge is 0.482 e. The number of benzene rings is 1. The van der Waals surface area contributed by atoms with Gasteiger partial charge in [-0.05, 0) is 12.5 Å². The lowest BCUT2D eigenvalue weighted by atomic mass is 10.2. The molecule has 0 aliphatic carbocycles. The molecule has 2 fully saturated rings. The van der Waals surface area contributed by atoms with Crippen molar-refractivity contribution in [2.45, 2.75) is 12.5 Å². The Hall–Kier alpha value is -0.430. The van der Waals surface area contributed by atoms with E-state index in [-0.39, 0.29) is 24.9 Å². The number of hydrogen-bond acceptors (Lipinski definition) is 4. The fourth-order valence-corrected chi connectivity index (χ4v) is 3.75. The molecule has 2 heterocycles. The molecule has 0 saturated carbocycles. The van der Waals surface area contributed by atoms with E-state index in [0.717, 1.165) is 45.7 Å². The summed E-state index contributed by atoms with van der Waals surface area (Å²) >= 11 is 17.9. The molecule has 1 amide bonds. The van der Waals surface area contributed by atoms with Crippen molar-refractivity contribution in [3.63, 3.8) is 0 Å². The van der Waals surface area contributed by atoms with Crippen LogP contribution < -0.4 is 10.1 Å². The molecule has 1 N–H and O–H groups in total. The van der Waals surface area contributed by atoms with Gasteiger partial charge in [-0.15, -0.1) is 12.4 Å². The van der Waals surface area contributed by atoms with Gasteiger partial charge in [-0.25, -0.2) is 0 Å². The van der Waals surface area contributed by atoms with Crippen LogP contribution in [0.3, 0.4) is 0 Å². The Morgan fingerprint density at radius 1 is 1.12 bits per heavy atom. The van der Waals surface area contributed by atoms with Crippen LogP contribution in [0, 0.1) is 0 Å². The molecule has 0 radical (unpaired) electrons. The van der Waals surface area contributed by atoms with Crippen molar-refractivity contribution in [3.8, 4) is 5.75 Å². The van der Waals surface area contributed by atoms with Crippen molar-refractivity contribution in [2.75, 3.05) is 45.9 Å². The van der Waals surface area contributed by atoms with Gasteiger partial charge in [0.1, 0.15) is 5.75 Å². The lowest BCUT2D eigenvalue weighted by molar-refractivity contribution is -0.132. The van der Waals surface area contributed by atoms with Crippen LogP contribution in [0.4, 0.5) is 0 Å². The molecule has 1 aromatic carbocycles. The lowest BCUT2D eigenvalue weighted by Gasteiger charge is -2.32. The molecular formula is C16H21Cl4N3O2. The summed E-state index contributed by atoms with van der Waals surface area (Å²) in [4.78, 5) is 16.7. The van der Waals surface area contributed by atoms with E-state index in [1.54, 1.807) is 0 Å². The third-order valence-corrected chi connectivity index (χ3v) is 5.53. The molecule has 2 aliphatic heterocycles. The minimum atomic E-state index is -0.0496. The average Bonchev–Trinajstić information content (AvgIpc) is 3.07. The van der Waals surface area contributed by atoms with Gasteiger partial charge >= 0.3 is 0 Å². The molecular weight excluding hydrogens is 408 g/mol. The highest BCUT2D eigenvalue weighted by atomic mass is 35.5. The van der Waals surface area contributed by atoms with E-state index in [2.05, 4.69) is 10.2 Å². The van der Waals surface area contributed by atoms with E-state index < -0.39 is 0 Å². The topological polar surface area (TPSA) is 44.8 Å². The summed E-state index contributed by atoms with van der Waals surface area (Å²) in [5, 5.41) is 4.40. The number of piperazine rings is 1. The van der Waals surface area contributed by atoms with Gasteiger partial charge < -0.3 is 15.0 Å². The van der Waals surface area contributed by atoms with Crippen LogP contribution in [0.5, 0.6) is 5.75 Å². The quantitative estimate of drug-likeness (QED) is 0.748. The van der Waals surface area contributed by atoms with Crippen LogP contribution in [-0.2, 0) is 4.79 Å². The minimum absolute atomic E-state index is 0. The third kappa shape index (κ3) is 5.28. The number of amides is 1. The molecule has 1 atom stereocenters. The first-order valence-corrected chi connectivity index (χ1v) is 9.18. The molecule has 9 heteroatoms. The number of halogens is 4. The number of carbonyl (C=O) groups is 1. The second kappa shape index (κ2) is 9.49. The Labute approximate surface area is 168 Å². The molecule has 0 aromatic heterocycles. The number of ether oxygens (including phenoxy) is 1. The Morgan fingerprint density at radius 3 is 2.52 bits per heavy atom. The van der Waals surface area contributed by atoms with Crippen LogP contribution in [0.25, 0.3) is 0 Å². The Bertz CT molecular complexity index is 611. The Morgan fingerprint density at radius 2 is 1.80 bits per heavy atom. The SMILES string of the molecule is Cl.O=C(COc1cc(Cl)c(Cl)cc1Cl)N1CCC(N2CCNCC2)C1. The zero-order chi connectivity index (χ0) is 17.1. The van der Waals surface area contributed by atoms with Gasteiger partial charge in [0.15, 0.2) is 6.61 Å². The zero-order valence-corrected chi connectivity index (χ0v) is 16.7. The van der Waals surface area contributed by atoms with Crippen molar-refractivity contribution >= 4 is 53.1 Å². The predicted octanol–water partition coefficient (Wildman–Crippen LogP) is 2.95. The van der Waals surface area contributed by atoms with E-state index in [1.807, 2.05) is 4.90 Å². The highest BCUT2D eigenvalue weighted by Crippen LogP contribution is 2.33. The van der Waals surface area contributed by atoms with Gasteiger partial charge in [-0.3, -0.25) is 9.69 Å². The molecule has 5 nitrogen and oxygen atoms in total. The minimum Gasteiger partial charge on any atom is -0.482 e. The second-order valence-corrected chi connectivity index (χ2v) is 7.28. The molecule has 3 rings (SSSR count). The lowest BCUT2D eigenvalue weighted by Crippen LogP contribution is -2.49. The maximum atomic E-state index is 12.4. The zero-order valence-electron chi connectivity index (χ0n) is 13.6. The first-order chi connectivity index (χ1) is 11.5. The Balaban J connectivity index is 0.00000225. The first kappa shape index (κ1) is 20.9. The normalized spacial score (nSPS) is 21.1. The van der Waals surface area contributed by atoms with Crippen molar-refractivity contribution in [1.29, 1.82) is 0 Å². The molecule has 140 valence electrons. The highest BCUT2D eigenvalue weighted by molar-refractivity contribution is 6.43. The summed E-state index contributed by atoms with van der Waals surface area (Å²) < 4.78 is 5.54. The maximum Gasteiger partial charge on any atom is 0.260 e. The third-order valence-electron chi connectivity index (χ3n) is 4.51. The average molecular weight is 429 g/mol. The number of carbonyl (C=O) groups excluding carboxylic acids is 1. The molecule has 25 heavy (non-hydrogen) atoms. The van der Waals surface area contributed by atoms with Crippen LogP contribution in [0.1, 0.15) is 6.42 Å². The van der Waals surface area contributed by atoms with E-state index in [9.17, 15) is 4.79 Å². The van der Waals surface area contributed by atoms with Crippen LogP contribution in [0.2, 0.25) is 15.1 Å². The van der Waals surface area contributed by atoms with Gasteiger partial charge in [0.05, 0.1) is 15.1 Å².